The first-order valence-corrected chi connectivity index (χ1v) is 9.73. The number of aromatic nitrogens is 1. The molecule has 0 saturated carbocycles. The van der Waals surface area contributed by atoms with Gasteiger partial charge in [0.2, 0.25) is 5.91 Å². The number of para-hydroxylation sites is 1. The van der Waals surface area contributed by atoms with E-state index >= 15 is 0 Å². The molecule has 2 heterocycles. The molecule has 0 bridgehead atoms. The molecule has 1 fully saturated rings. The predicted octanol–water partition coefficient (Wildman–Crippen LogP) is 1.78. The van der Waals surface area contributed by atoms with Crippen LogP contribution in [-0.2, 0) is 30.3 Å². The van der Waals surface area contributed by atoms with Crippen LogP contribution in [-0.4, -0.2) is 49.0 Å². The highest BCUT2D eigenvalue weighted by molar-refractivity contribution is 7.13. The summed E-state index contributed by atoms with van der Waals surface area (Å²) in [6, 6.07) is 6.64. The summed E-state index contributed by atoms with van der Waals surface area (Å²) in [5.74, 6) is -1.74. The van der Waals surface area contributed by atoms with Crippen molar-refractivity contribution in [3.8, 4) is 0 Å². The Morgan fingerprint density at radius 1 is 1.28 bits per heavy atom. The fraction of sp³-hybridized carbons (Fsp3) is 0.316. The summed E-state index contributed by atoms with van der Waals surface area (Å²) in [6.45, 7) is 0.0363. The van der Waals surface area contributed by atoms with Crippen molar-refractivity contribution >= 4 is 45.9 Å². The van der Waals surface area contributed by atoms with Gasteiger partial charge in [-0.2, -0.15) is 0 Å². The Balaban J connectivity index is 1.56. The van der Waals surface area contributed by atoms with Gasteiger partial charge in [-0.1, -0.05) is 12.1 Å². The standard InChI is InChI=1S/C19H19N3O6S/c1-27-17(25)9-12-11-29-19(20-12)21-15(23)10-28-18(26)13-5-2-3-6-14(13)22-8-4-7-16(22)24/h2-3,5-6,11H,4,7-10H2,1H3,(H,20,21,23). The number of nitrogens with zero attached hydrogens (tertiary/aromatic N) is 2. The van der Waals surface area contributed by atoms with Crippen LogP contribution in [0.3, 0.4) is 0 Å². The van der Waals surface area contributed by atoms with E-state index in [1.54, 1.807) is 34.5 Å². The van der Waals surface area contributed by atoms with E-state index in [4.69, 9.17) is 4.74 Å². The van der Waals surface area contributed by atoms with Crippen LogP contribution < -0.4 is 10.2 Å². The molecule has 1 aromatic heterocycles. The van der Waals surface area contributed by atoms with Gasteiger partial charge in [0.05, 0.1) is 30.5 Å². The topological polar surface area (TPSA) is 115 Å². The Morgan fingerprint density at radius 2 is 2.07 bits per heavy atom. The van der Waals surface area contributed by atoms with Crippen LogP contribution in [0.5, 0.6) is 0 Å². The second kappa shape index (κ2) is 9.28. The quantitative estimate of drug-likeness (QED) is 0.683. The zero-order valence-corrected chi connectivity index (χ0v) is 16.5. The summed E-state index contributed by atoms with van der Waals surface area (Å²) in [6.07, 6.45) is 1.18. The maximum atomic E-state index is 12.4. The molecule has 0 atom stereocenters. The largest absolute Gasteiger partial charge is 0.469 e. The number of benzene rings is 1. The number of esters is 2. The number of methoxy groups -OCH3 is 1. The van der Waals surface area contributed by atoms with Crippen molar-refractivity contribution < 1.29 is 28.7 Å². The number of amides is 2. The number of rotatable bonds is 7. The summed E-state index contributed by atoms with van der Waals surface area (Å²) in [4.78, 5) is 53.4. The summed E-state index contributed by atoms with van der Waals surface area (Å²) in [5, 5.41) is 4.42. The molecule has 0 spiro atoms. The molecule has 0 unspecified atom stereocenters. The molecule has 29 heavy (non-hydrogen) atoms. The van der Waals surface area contributed by atoms with E-state index in [2.05, 4.69) is 15.0 Å². The average molecular weight is 417 g/mol. The van der Waals surface area contributed by atoms with Crippen molar-refractivity contribution in [3.05, 3.63) is 40.9 Å². The number of thiazole rings is 1. The lowest BCUT2D eigenvalue weighted by Gasteiger charge is -2.18. The lowest BCUT2D eigenvalue weighted by molar-refractivity contribution is -0.139. The lowest BCUT2D eigenvalue weighted by atomic mass is 10.1. The summed E-state index contributed by atoms with van der Waals surface area (Å²) < 4.78 is 9.66. The maximum Gasteiger partial charge on any atom is 0.340 e. The van der Waals surface area contributed by atoms with Crippen LogP contribution in [0.2, 0.25) is 0 Å². The molecular formula is C19H19N3O6S. The third-order valence-corrected chi connectivity index (χ3v) is 4.98. The van der Waals surface area contributed by atoms with Gasteiger partial charge in [0.25, 0.3) is 5.91 Å². The maximum absolute atomic E-state index is 12.4. The molecule has 3 rings (SSSR count). The van der Waals surface area contributed by atoms with Gasteiger partial charge < -0.3 is 14.4 Å². The van der Waals surface area contributed by atoms with Gasteiger partial charge in [-0.05, 0) is 18.6 Å². The fourth-order valence-corrected chi connectivity index (χ4v) is 3.54. The van der Waals surface area contributed by atoms with Gasteiger partial charge in [0.15, 0.2) is 11.7 Å². The molecule has 1 aromatic carbocycles. The zero-order valence-electron chi connectivity index (χ0n) is 15.7. The van der Waals surface area contributed by atoms with Crippen molar-refractivity contribution in [1.29, 1.82) is 0 Å². The van der Waals surface area contributed by atoms with Crippen molar-refractivity contribution in [2.24, 2.45) is 0 Å². The van der Waals surface area contributed by atoms with Crippen LogP contribution >= 0.6 is 11.3 Å². The number of carbonyl (C=O) groups is 4. The molecule has 0 radical (unpaired) electrons. The third-order valence-electron chi connectivity index (χ3n) is 4.17. The van der Waals surface area contributed by atoms with E-state index in [-0.39, 0.29) is 23.0 Å². The number of nitrogens with one attached hydrogen (secondary N) is 1. The third kappa shape index (κ3) is 5.17. The molecule has 10 heteroatoms. The van der Waals surface area contributed by atoms with E-state index in [0.29, 0.717) is 24.3 Å². The molecule has 9 nitrogen and oxygen atoms in total. The molecule has 1 saturated heterocycles. The number of hydrogen-bond donors (Lipinski definition) is 1. The summed E-state index contributed by atoms with van der Waals surface area (Å²) in [5.41, 5.74) is 1.18. The fourth-order valence-electron chi connectivity index (χ4n) is 2.81. The summed E-state index contributed by atoms with van der Waals surface area (Å²) >= 11 is 1.15. The van der Waals surface area contributed by atoms with Gasteiger partial charge in [-0.3, -0.25) is 19.7 Å². The van der Waals surface area contributed by atoms with Gasteiger partial charge in [-0.25, -0.2) is 9.78 Å². The molecule has 0 aliphatic carbocycles. The monoisotopic (exact) mass is 417 g/mol. The van der Waals surface area contributed by atoms with E-state index in [1.165, 1.54) is 7.11 Å². The van der Waals surface area contributed by atoms with Crippen molar-refractivity contribution in [3.63, 3.8) is 0 Å². The minimum Gasteiger partial charge on any atom is -0.469 e. The molecule has 1 aliphatic heterocycles. The first kappa shape index (κ1) is 20.5. The van der Waals surface area contributed by atoms with Crippen LogP contribution in [0.4, 0.5) is 10.8 Å². The first-order valence-electron chi connectivity index (χ1n) is 8.85. The zero-order chi connectivity index (χ0) is 20.8. The first-order chi connectivity index (χ1) is 14.0. The molecular weight excluding hydrogens is 398 g/mol. The lowest BCUT2D eigenvalue weighted by Crippen LogP contribution is -2.27. The highest BCUT2D eigenvalue weighted by Gasteiger charge is 2.26. The van der Waals surface area contributed by atoms with Crippen LogP contribution in [0.25, 0.3) is 0 Å². The normalized spacial score (nSPS) is 13.3. The summed E-state index contributed by atoms with van der Waals surface area (Å²) in [7, 11) is 1.28. The second-order valence-electron chi connectivity index (χ2n) is 6.19. The van der Waals surface area contributed by atoms with Crippen molar-refractivity contribution in [1.82, 2.24) is 4.98 Å². The molecule has 2 amide bonds. The van der Waals surface area contributed by atoms with E-state index in [0.717, 1.165) is 17.8 Å². The molecule has 2 aromatic rings. The van der Waals surface area contributed by atoms with Gasteiger partial charge in [-0.15, -0.1) is 11.3 Å². The number of ether oxygens (including phenoxy) is 2. The Labute approximate surface area is 170 Å². The molecule has 1 aliphatic rings. The number of anilines is 2. The highest BCUT2D eigenvalue weighted by Crippen LogP contribution is 2.26. The van der Waals surface area contributed by atoms with Crippen LogP contribution in [0.15, 0.2) is 29.6 Å². The minimum atomic E-state index is -0.694. The SMILES string of the molecule is COC(=O)Cc1csc(NC(=O)COC(=O)c2ccccc2N2CCCC2=O)n1. The van der Waals surface area contributed by atoms with Crippen LogP contribution in [0, 0.1) is 0 Å². The number of hydrogen-bond acceptors (Lipinski definition) is 8. The Morgan fingerprint density at radius 3 is 2.79 bits per heavy atom. The average Bonchev–Trinajstić information content (AvgIpc) is 3.34. The van der Waals surface area contributed by atoms with E-state index in [9.17, 15) is 19.2 Å². The van der Waals surface area contributed by atoms with Gasteiger partial charge in [0, 0.05) is 18.3 Å². The Hall–Kier alpha value is -3.27. The predicted molar refractivity (Wildman–Crippen MR) is 105 cm³/mol. The Kier molecular flexibility index (Phi) is 6.55. The minimum absolute atomic E-state index is 0.00383. The molecule has 152 valence electrons. The second-order valence-corrected chi connectivity index (χ2v) is 7.05. The highest BCUT2D eigenvalue weighted by atomic mass is 32.1. The Bertz CT molecular complexity index is 942. The van der Waals surface area contributed by atoms with Crippen LogP contribution in [0.1, 0.15) is 28.9 Å². The number of carbonyl (C=O) groups excluding carboxylic acids is 4. The van der Waals surface area contributed by atoms with Crippen molar-refractivity contribution in [2.75, 3.05) is 30.5 Å². The van der Waals surface area contributed by atoms with Gasteiger partial charge in [0.1, 0.15) is 0 Å². The molecule has 1 N–H and O–H groups in total. The van der Waals surface area contributed by atoms with Crippen molar-refractivity contribution in [2.45, 2.75) is 19.3 Å². The van der Waals surface area contributed by atoms with E-state index < -0.39 is 24.5 Å². The van der Waals surface area contributed by atoms with E-state index in [1.807, 2.05) is 0 Å². The smallest absolute Gasteiger partial charge is 0.340 e. The van der Waals surface area contributed by atoms with Gasteiger partial charge >= 0.3 is 11.9 Å².